The average molecular weight is 717 g/mol. The highest BCUT2D eigenvalue weighted by Gasteiger charge is 2.48. The zero-order valence-electron chi connectivity index (χ0n) is 28.0. The number of rotatable bonds is 7. The molecule has 0 unspecified atom stereocenters. The Morgan fingerprint density at radius 2 is 0.686 bits per heavy atom. The highest BCUT2D eigenvalue weighted by Crippen LogP contribution is 2.59. The van der Waals surface area contributed by atoms with Gasteiger partial charge in [-0.1, -0.05) is 186 Å². The van der Waals surface area contributed by atoms with Crippen LogP contribution in [0.15, 0.2) is 211 Å². The van der Waals surface area contributed by atoms with Gasteiger partial charge in [0.25, 0.3) is 0 Å². The third kappa shape index (κ3) is 5.23. The van der Waals surface area contributed by atoms with E-state index in [0.29, 0.717) is 0 Å². The normalized spacial score (nSPS) is 12.6. The largest absolute Gasteiger partial charge is 0.310 e. The van der Waals surface area contributed by atoms with Gasteiger partial charge in [-0.3, -0.25) is 0 Å². The number of benzene rings is 8. The Morgan fingerprint density at radius 3 is 1.18 bits per heavy atom. The summed E-state index contributed by atoms with van der Waals surface area (Å²) >= 11 is 4.04. The van der Waals surface area contributed by atoms with Crippen molar-refractivity contribution in [1.29, 1.82) is 0 Å². The molecule has 0 heterocycles. The molecule has 242 valence electrons. The molecule has 8 aromatic rings. The van der Waals surface area contributed by atoms with Crippen LogP contribution < -0.4 is 4.90 Å². The average Bonchev–Trinajstić information content (AvgIpc) is 3.50. The van der Waals surface area contributed by atoms with Gasteiger partial charge in [0.1, 0.15) is 0 Å². The van der Waals surface area contributed by atoms with Crippen LogP contribution in [0, 0.1) is 0 Å². The quantitative estimate of drug-likeness (QED) is 0.159. The first-order valence-corrected chi connectivity index (χ1v) is 18.2. The summed E-state index contributed by atoms with van der Waals surface area (Å²) in [6, 6.07) is 74.7. The van der Waals surface area contributed by atoms with Crippen LogP contribution in [0.1, 0.15) is 22.3 Å². The first-order chi connectivity index (χ1) is 25.2. The molecule has 8 aromatic carbocycles. The van der Waals surface area contributed by atoms with Crippen molar-refractivity contribution in [3.05, 3.63) is 233 Å². The van der Waals surface area contributed by atoms with E-state index in [9.17, 15) is 0 Å². The van der Waals surface area contributed by atoms with E-state index in [1.165, 1.54) is 55.6 Å². The summed E-state index contributed by atoms with van der Waals surface area (Å²) in [4.78, 5) is 2.43. The number of fused-ring (bicyclic) bond motifs is 3. The summed E-state index contributed by atoms with van der Waals surface area (Å²) in [6.07, 6.45) is 0. The molecule has 0 radical (unpaired) electrons. The summed E-state index contributed by atoms with van der Waals surface area (Å²) in [5, 5.41) is 0. The second-order valence-electron chi connectivity index (χ2n) is 13.0. The molecule has 51 heavy (non-hydrogen) atoms. The number of nitrogens with zero attached hydrogens (tertiary/aromatic N) is 1. The summed E-state index contributed by atoms with van der Waals surface area (Å²) in [5.74, 6) is 0. The van der Waals surface area contributed by atoms with Crippen molar-refractivity contribution in [3.8, 4) is 33.4 Å². The molecule has 0 amide bonds. The van der Waals surface area contributed by atoms with Crippen molar-refractivity contribution in [1.82, 2.24) is 0 Å². The Kier molecular flexibility index (Phi) is 7.95. The van der Waals surface area contributed by atoms with E-state index in [1.54, 1.807) is 0 Å². The molecule has 1 aliphatic rings. The van der Waals surface area contributed by atoms with Gasteiger partial charge in [-0.05, 0) is 92.0 Å². The second-order valence-corrected chi connectivity index (χ2v) is 13.9. The monoisotopic (exact) mass is 715 g/mol. The van der Waals surface area contributed by atoms with Crippen molar-refractivity contribution in [2.45, 2.75) is 5.41 Å². The van der Waals surface area contributed by atoms with Crippen molar-refractivity contribution >= 4 is 33.0 Å². The predicted molar refractivity (Wildman–Crippen MR) is 217 cm³/mol. The van der Waals surface area contributed by atoms with Crippen LogP contribution in [0.25, 0.3) is 33.4 Å². The third-order valence-corrected chi connectivity index (χ3v) is 10.9. The van der Waals surface area contributed by atoms with Gasteiger partial charge in [0.05, 0.1) is 11.1 Å². The van der Waals surface area contributed by atoms with Crippen molar-refractivity contribution < 1.29 is 0 Å². The fourth-order valence-corrected chi connectivity index (χ4v) is 8.59. The first-order valence-electron chi connectivity index (χ1n) is 17.4. The van der Waals surface area contributed by atoms with E-state index in [4.69, 9.17) is 0 Å². The first kappa shape index (κ1) is 31.1. The number of halogens is 1. The maximum atomic E-state index is 4.04. The number of hydrogen-bond donors (Lipinski definition) is 0. The molecular weight excluding hydrogens is 682 g/mol. The molecule has 0 saturated heterocycles. The molecule has 2 heteroatoms. The lowest BCUT2D eigenvalue weighted by atomic mass is 9.67. The summed E-state index contributed by atoms with van der Waals surface area (Å²) in [7, 11) is 0. The summed E-state index contributed by atoms with van der Waals surface area (Å²) in [6.45, 7) is 0. The van der Waals surface area contributed by atoms with Gasteiger partial charge in [-0.25, -0.2) is 0 Å². The number of hydrogen-bond acceptors (Lipinski definition) is 1. The molecule has 9 rings (SSSR count). The van der Waals surface area contributed by atoms with Crippen LogP contribution >= 0.6 is 15.9 Å². The van der Waals surface area contributed by atoms with Crippen LogP contribution in [-0.4, -0.2) is 0 Å². The van der Waals surface area contributed by atoms with Gasteiger partial charge in [0, 0.05) is 15.8 Å². The van der Waals surface area contributed by atoms with Crippen LogP contribution in [0.4, 0.5) is 17.1 Å². The number of para-hydroxylation sites is 1. The summed E-state index contributed by atoms with van der Waals surface area (Å²) in [5.41, 5.74) is 15.0. The van der Waals surface area contributed by atoms with Crippen molar-refractivity contribution in [2.24, 2.45) is 0 Å². The Bertz CT molecular complexity index is 2340. The van der Waals surface area contributed by atoms with Crippen molar-refractivity contribution in [3.63, 3.8) is 0 Å². The smallest absolute Gasteiger partial charge is 0.0744 e. The Balaban J connectivity index is 1.31. The van der Waals surface area contributed by atoms with E-state index in [0.717, 1.165) is 21.5 Å². The van der Waals surface area contributed by atoms with Crippen molar-refractivity contribution in [2.75, 3.05) is 4.90 Å². The van der Waals surface area contributed by atoms with Crippen LogP contribution in [-0.2, 0) is 5.41 Å². The van der Waals surface area contributed by atoms with Crippen LogP contribution in [0.5, 0.6) is 0 Å². The lowest BCUT2D eigenvalue weighted by Gasteiger charge is -2.38. The minimum atomic E-state index is -0.587. The van der Waals surface area contributed by atoms with Gasteiger partial charge in [0.15, 0.2) is 0 Å². The maximum Gasteiger partial charge on any atom is 0.0744 e. The Morgan fingerprint density at radius 1 is 0.314 bits per heavy atom. The fraction of sp³-hybridized carbons (Fsp3) is 0.0204. The lowest BCUT2D eigenvalue weighted by Crippen LogP contribution is -2.31. The van der Waals surface area contributed by atoms with E-state index in [1.807, 2.05) is 0 Å². The molecule has 0 aliphatic heterocycles. The van der Waals surface area contributed by atoms with Gasteiger partial charge >= 0.3 is 0 Å². The lowest BCUT2D eigenvalue weighted by molar-refractivity contribution is 0.763. The molecule has 0 aromatic heterocycles. The molecule has 0 N–H and O–H groups in total. The zero-order valence-corrected chi connectivity index (χ0v) is 29.5. The van der Waals surface area contributed by atoms with Gasteiger partial charge in [0.2, 0.25) is 0 Å². The van der Waals surface area contributed by atoms with Crippen LogP contribution in [0.3, 0.4) is 0 Å². The minimum Gasteiger partial charge on any atom is -0.310 e. The predicted octanol–water partition coefficient (Wildman–Crippen LogP) is 13.6. The molecule has 1 aliphatic carbocycles. The Hall–Kier alpha value is -5.96. The molecule has 0 fully saturated rings. The zero-order chi connectivity index (χ0) is 34.2. The maximum absolute atomic E-state index is 4.04. The van der Waals surface area contributed by atoms with E-state index < -0.39 is 5.41 Å². The molecule has 0 bridgehead atoms. The molecule has 0 saturated carbocycles. The minimum absolute atomic E-state index is 0.587. The van der Waals surface area contributed by atoms with Gasteiger partial charge < -0.3 is 4.90 Å². The highest BCUT2D eigenvalue weighted by atomic mass is 79.9. The van der Waals surface area contributed by atoms with E-state index in [2.05, 4.69) is 227 Å². The van der Waals surface area contributed by atoms with Crippen LogP contribution in [0.2, 0.25) is 0 Å². The topological polar surface area (TPSA) is 3.24 Å². The highest BCUT2D eigenvalue weighted by molar-refractivity contribution is 9.10. The molecule has 0 spiro atoms. The van der Waals surface area contributed by atoms with E-state index >= 15 is 0 Å². The Labute approximate surface area is 308 Å². The SMILES string of the molecule is Brc1ccccc1C1(c2ccccc2N(c2ccc(-c3ccccc3)cc2)c2ccc(-c3ccccc3)cc2)c2ccccc2-c2ccccc21. The number of anilines is 3. The standard InChI is InChI=1S/C49H34BrN/c50-47-25-13-11-23-45(47)49(43-21-9-7-19-41(43)42-20-8-10-22-44(42)49)46-24-12-14-26-48(46)51(39-31-27-37(28-32-39)35-15-3-1-4-16-35)40-33-29-38(30-34-40)36-17-5-2-6-18-36/h1-34H. The van der Waals surface area contributed by atoms with Gasteiger partial charge in [-0.15, -0.1) is 0 Å². The molecule has 1 nitrogen and oxygen atoms in total. The van der Waals surface area contributed by atoms with Gasteiger partial charge in [-0.2, -0.15) is 0 Å². The summed E-state index contributed by atoms with van der Waals surface area (Å²) < 4.78 is 1.08. The third-order valence-electron chi connectivity index (χ3n) is 10.2. The van der Waals surface area contributed by atoms with E-state index in [-0.39, 0.29) is 0 Å². The molecule has 0 atom stereocenters. The fourth-order valence-electron chi connectivity index (χ4n) is 8.01. The molecular formula is C49H34BrN. The second kappa shape index (κ2) is 13.1.